The van der Waals surface area contributed by atoms with Crippen molar-refractivity contribution < 1.29 is 19.1 Å². The average Bonchev–Trinajstić information content (AvgIpc) is 2.73. The Labute approximate surface area is 188 Å². The van der Waals surface area contributed by atoms with E-state index >= 15 is 0 Å². The van der Waals surface area contributed by atoms with E-state index < -0.39 is 12.2 Å². The molecule has 2 aromatic carbocycles. The second kappa shape index (κ2) is 10.2. The number of rotatable bonds is 6. The predicted molar refractivity (Wildman–Crippen MR) is 122 cm³/mol. The smallest absolute Gasteiger partial charge is 0.434 e. The zero-order chi connectivity index (χ0) is 22.5. The van der Waals surface area contributed by atoms with Crippen molar-refractivity contribution in [3.8, 4) is 5.75 Å². The number of carbonyl (C=O) groups excluding carboxylic acids is 2. The van der Waals surface area contributed by atoms with Crippen LogP contribution < -0.4 is 15.4 Å². The Morgan fingerprint density at radius 2 is 1.97 bits per heavy atom. The molecule has 1 heterocycles. The molecule has 1 aliphatic rings. The molecule has 0 spiro atoms. The SMILES string of the molecule is CC(C)COC(=O)Oc1ccc(CC(N)C(=O)N2CC(C)Cc3ccccc32)c(Cl)c1. The number of anilines is 1. The third kappa shape index (κ3) is 5.99. The van der Waals surface area contributed by atoms with E-state index in [0.717, 1.165) is 17.7 Å². The first kappa shape index (κ1) is 23.1. The van der Waals surface area contributed by atoms with Crippen LogP contribution in [0.25, 0.3) is 0 Å². The third-order valence-corrected chi connectivity index (χ3v) is 5.48. The summed E-state index contributed by atoms with van der Waals surface area (Å²) in [6, 6.07) is 12.1. The Hall–Kier alpha value is -2.57. The van der Waals surface area contributed by atoms with Gasteiger partial charge in [0.25, 0.3) is 0 Å². The van der Waals surface area contributed by atoms with E-state index in [2.05, 4.69) is 13.0 Å². The lowest BCUT2D eigenvalue weighted by atomic mass is 9.93. The van der Waals surface area contributed by atoms with Crippen LogP contribution in [0.1, 0.15) is 31.9 Å². The summed E-state index contributed by atoms with van der Waals surface area (Å²) in [4.78, 5) is 26.6. The molecular formula is C24H29ClN2O4. The van der Waals surface area contributed by atoms with Crippen molar-refractivity contribution in [2.45, 2.75) is 39.7 Å². The molecule has 2 aromatic rings. The molecule has 0 aromatic heterocycles. The summed E-state index contributed by atoms with van der Waals surface area (Å²) >= 11 is 6.37. The molecule has 0 radical (unpaired) electrons. The van der Waals surface area contributed by atoms with Crippen LogP contribution in [0.5, 0.6) is 5.75 Å². The van der Waals surface area contributed by atoms with Crippen LogP contribution in [-0.2, 0) is 22.4 Å². The topological polar surface area (TPSA) is 81.9 Å². The summed E-state index contributed by atoms with van der Waals surface area (Å²) in [5.41, 5.74) is 9.08. The molecule has 0 bridgehead atoms. The molecule has 2 atom stereocenters. The standard InChI is InChI=1S/C24H29ClN2O4/c1-15(2)14-30-24(29)31-19-9-8-17(20(25)12-19)11-21(26)23(28)27-13-16(3)10-18-6-4-5-7-22(18)27/h4-9,12,15-16,21H,10-11,13-14,26H2,1-3H3. The van der Waals surface area contributed by atoms with E-state index in [4.69, 9.17) is 26.8 Å². The van der Waals surface area contributed by atoms with Crippen LogP contribution >= 0.6 is 11.6 Å². The highest BCUT2D eigenvalue weighted by Crippen LogP contribution is 2.30. The van der Waals surface area contributed by atoms with Crippen LogP contribution in [0, 0.1) is 11.8 Å². The maximum Gasteiger partial charge on any atom is 0.513 e. The molecule has 166 valence electrons. The van der Waals surface area contributed by atoms with Gasteiger partial charge in [-0.25, -0.2) is 4.79 Å². The Morgan fingerprint density at radius 3 is 2.68 bits per heavy atom. The van der Waals surface area contributed by atoms with Gasteiger partial charge in [0, 0.05) is 17.3 Å². The highest BCUT2D eigenvalue weighted by molar-refractivity contribution is 6.31. The number of nitrogens with zero attached hydrogens (tertiary/aromatic N) is 1. The summed E-state index contributed by atoms with van der Waals surface area (Å²) in [5, 5.41) is 0.379. The number of carbonyl (C=O) groups is 2. The largest absolute Gasteiger partial charge is 0.513 e. The van der Waals surface area contributed by atoms with E-state index in [1.807, 2.05) is 32.0 Å². The number of halogens is 1. The molecule has 7 heteroatoms. The highest BCUT2D eigenvalue weighted by Gasteiger charge is 2.29. The number of amides is 1. The van der Waals surface area contributed by atoms with Crippen LogP contribution in [0.3, 0.4) is 0 Å². The van der Waals surface area contributed by atoms with Crippen molar-refractivity contribution in [2.75, 3.05) is 18.1 Å². The fraction of sp³-hybridized carbons (Fsp3) is 0.417. The van der Waals surface area contributed by atoms with Gasteiger partial charge in [0.1, 0.15) is 5.75 Å². The van der Waals surface area contributed by atoms with Gasteiger partial charge < -0.3 is 20.1 Å². The molecule has 1 amide bonds. The van der Waals surface area contributed by atoms with Gasteiger partial charge in [0.05, 0.1) is 12.6 Å². The fourth-order valence-electron chi connectivity index (χ4n) is 3.65. The molecule has 31 heavy (non-hydrogen) atoms. The van der Waals surface area contributed by atoms with Gasteiger partial charge in [0.2, 0.25) is 5.91 Å². The molecule has 6 nitrogen and oxygen atoms in total. The summed E-state index contributed by atoms with van der Waals surface area (Å²) < 4.78 is 10.2. The Balaban J connectivity index is 1.66. The van der Waals surface area contributed by atoms with Gasteiger partial charge >= 0.3 is 6.16 Å². The number of hydrogen-bond acceptors (Lipinski definition) is 5. The average molecular weight is 445 g/mol. The Bertz CT molecular complexity index is 947. The van der Waals surface area contributed by atoms with Crippen molar-refractivity contribution in [1.82, 2.24) is 0 Å². The zero-order valence-corrected chi connectivity index (χ0v) is 18.9. The zero-order valence-electron chi connectivity index (χ0n) is 18.1. The lowest BCUT2D eigenvalue weighted by Crippen LogP contribution is -2.48. The summed E-state index contributed by atoms with van der Waals surface area (Å²) in [5.74, 6) is 0.725. The van der Waals surface area contributed by atoms with Gasteiger partial charge in [-0.05, 0) is 54.0 Å². The fourth-order valence-corrected chi connectivity index (χ4v) is 3.89. The predicted octanol–water partition coefficient (Wildman–Crippen LogP) is 4.61. The number of para-hydroxylation sites is 1. The summed E-state index contributed by atoms with van der Waals surface area (Å²) in [6.07, 6.45) is 0.451. The minimum Gasteiger partial charge on any atom is -0.434 e. The van der Waals surface area contributed by atoms with Crippen molar-refractivity contribution in [3.63, 3.8) is 0 Å². The van der Waals surface area contributed by atoms with E-state index in [1.54, 1.807) is 17.0 Å². The number of nitrogens with two attached hydrogens (primary N) is 1. The van der Waals surface area contributed by atoms with E-state index in [0.29, 0.717) is 23.0 Å². The van der Waals surface area contributed by atoms with E-state index in [-0.39, 0.29) is 30.6 Å². The van der Waals surface area contributed by atoms with Crippen LogP contribution in [0.2, 0.25) is 5.02 Å². The molecular weight excluding hydrogens is 416 g/mol. The number of ether oxygens (including phenoxy) is 2. The molecule has 0 saturated carbocycles. The van der Waals surface area contributed by atoms with Gasteiger partial charge in [-0.1, -0.05) is 56.6 Å². The maximum atomic E-state index is 13.1. The molecule has 0 fully saturated rings. The van der Waals surface area contributed by atoms with Crippen molar-refractivity contribution >= 4 is 29.4 Å². The first-order valence-corrected chi connectivity index (χ1v) is 10.9. The first-order chi connectivity index (χ1) is 14.7. The normalized spacial score (nSPS) is 16.6. The number of benzene rings is 2. The summed E-state index contributed by atoms with van der Waals surface area (Å²) in [7, 11) is 0. The van der Waals surface area contributed by atoms with Crippen LogP contribution in [-0.4, -0.2) is 31.3 Å². The van der Waals surface area contributed by atoms with E-state index in [1.165, 1.54) is 6.07 Å². The van der Waals surface area contributed by atoms with Gasteiger partial charge in [0.15, 0.2) is 0 Å². The Morgan fingerprint density at radius 1 is 1.23 bits per heavy atom. The first-order valence-electron chi connectivity index (χ1n) is 10.5. The monoisotopic (exact) mass is 444 g/mol. The molecule has 1 aliphatic heterocycles. The molecule has 2 N–H and O–H groups in total. The number of hydrogen-bond donors (Lipinski definition) is 1. The highest BCUT2D eigenvalue weighted by atomic mass is 35.5. The lowest BCUT2D eigenvalue weighted by molar-refractivity contribution is -0.120. The maximum absolute atomic E-state index is 13.1. The van der Waals surface area contributed by atoms with Gasteiger partial charge in [-0.3, -0.25) is 4.79 Å². The van der Waals surface area contributed by atoms with Crippen molar-refractivity contribution in [3.05, 3.63) is 58.6 Å². The molecule has 3 rings (SSSR count). The van der Waals surface area contributed by atoms with Gasteiger partial charge in [-0.2, -0.15) is 0 Å². The van der Waals surface area contributed by atoms with Crippen LogP contribution in [0.15, 0.2) is 42.5 Å². The number of fused-ring (bicyclic) bond motifs is 1. The minimum absolute atomic E-state index is 0.132. The van der Waals surface area contributed by atoms with Crippen molar-refractivity contribution in [1.29, 1.82) is 0 Å². The quantitative estimate of drug-likeness (QED) is 0.519. The second-order valence-electron chi connectivity index (χ2n) is 8.51. The second-order valence-corrected chi connectivity index (χ2v) is 8.91. The lowest BCUT2D eigenvalue weighted by Gasteiger charge is -2.34. The van der Waals surface area contributed by atoms with E-state index in [9.17, 15) is 9.59 Å². The Kier molecular flexibility index (Phi) is 7.57. The third-order valence-electron chi connectivity index (χ3n) is 5.13. The van der Waals surface area contributed by atoms with Crippen LogP contribution in [0.4, 0.5) is 10.5 Å². The molecule has 0 saturated heterocycles. The van der Waals surface area contributed by atoms with Gasteiger partial charge in [-0.15, -0.1) is 0 Å². The summed E-state index contributed by atoms with van der Waals surface area (Å²) in [6.45, 7) is 6.92. The van der Waals surface area contributed by atoms with Crippen molar-refractivity contribution in [2.24, 2.45) is 17.6 Å². The minimum atomic E-state index is -0.776. The molecule has 0 aliphatic carbocycles. The molecule has 2 unspecified atom stereocenters.